The van der Waals surface area contributed by atoms with E-state index in [1.807, 2.05) is 24.3 Å². The third kappa shape index (κ3) is 3.09. The van der Waals surface area contributed by atoms with Gasteiger partial charge < -0.3 is 4.57 Å². The predicted octanol–water partition coefficient (Wildman–Crippen LogP) is 6.31. The molecule has 1 aromatic heterocycles. The Hall–Kier alpha value is -1.35. The Kier molecular flexibility index (Phi) is 4.85. The van der Waals surface area contributed by atoms with Crippen molar-refractivity contribution in [2.24, 2.45) is 12.5 Å². The maximum absolute atomic E-state index is 6.03. The van der Waals surface area contributed by atoms with Gasteiger partial charge >= 0.3 is 0 Å². The number of halogens is 1. The lowest BCUT2D eigenvalue weighted by atomic mass is 9.52. The summed E-state index contributed by atoms with van der Waals surface area (Å²) in [6, 6.07) is 7.92. The molecule has 4 heteroatoms. The Morgan fingerprint density at radius 3 is 2.23 bits per heavy atom. The normalized spacial score (nSPS) is 27.8. The van der Waals surface area contributed by atoms with Crippen molar-refractivity contribution in [3.05, 3.63) is 35.1 Å². The molecular formula is C22H30ClN3. The van der Waals surface area contributed by atoms with Crippen LogP contribution in [0.1, 0.15) is 77.0 Å². The van der Waals surface area contributed by atoms with Gasteiger partial charge in [-0.1, -0.05) is 37.8 Å². The minimum Gasteiger partial charge on any atom is -0.314 e. The number of nitrogens with zero attached hydrogens (tertiary/aromatic N) is 3. The second kappa shape index (κ2) is 6.99. The van der Waals surface area contributed by atoms with Crippen LogP contribution < -0.4 is 0 Å². The first-order chi connectivity index (χ1) is 12.6. The van der Waals surface area contributed by atoms with E-state index in [0.717, 1.165) is 16.4 Å². The van der Waals surface area contributed by atoms with Crippen molar-refractivity contribution in [1.82, 2.24) is 14.8 Å². The number of unbranched alkanes of at least 4 members (excludes halogenated alkanes) is 2. The molecule has 140 valence electrons. The van der Waals surface area contributed by atoms with Crippen LogP contribution in [0.4, 0.5) is 0 Å². The van der Waals surface area contributed by atoms with Gasteiger partial charge in [0, 0.05) is 23.0 Å². The second-order valence-electron chi connectivity index (χ2n) is 8.65. The Bertz CT molecular complexity index is 738. The molecule has 1 aromatic carbocycles. The van der Waals surface area contributed by atoms with Crippen molar-refractivity contribution in [3.63, 3.8) is 0 Å². The highest BCUT2D eigenvalue weighted by molar-refractivity contribution is 6.30. The van der Waals surface area contributed by atoms with E-state index in [1.54, 1.807) is 0 Å². The van der Waals surface area contributed by atoms with Gasteiger partial charge in [-0.25, -0.2) is 0 Å². The topological polar surface area (TPSA) is 30.7 Å². The van der Waals surface area contributed by atoms with E-state index < -0.39 is 0 Å². The van der Waals surface area contributed by atoms with Crippen LogP contribution in [0.3, 0.4) is 0 Å². The van der Waals surface area contributed by atoms with Gasteiger partial charge in [0.05, 0.1) is 0 Å². The first kappa shape index (κ1) is 18.0. The summed E-state index contributed by atoms with van der Waals surface area (Å²) in [5.74, 6) is 2.15. The molecule has 3 fully saturated rings. The molecule has 2 bridgehead atoms. The molecule has 3 aliphatic rings. The summed E-state index contributed by atoms with van der Waals surface area (Å²) < 4.78 is 2.23. The van der Waals surface area contributed by atoms with Gasteiger partial charge in [0.2, 0.25) is 0 Å². The molecule has 0 aliphatic heterocycles. The minimum atomic E-state index is 0.249. The number of hydrogen-bond acceptors (Lipinski definition) is 2. The number of benzene rings is 1. The van der Waals surface area contributed by atoms with E-state index >= 15 is 0 Å². The van der Waals surface area contributed by atoms with Crippen LogP contribution in [0, 0.1) is 5.41 Å². The Morgan fingerprint density at radius 1 is 0.962 bits per heavy atom. The molecule has 26 heavy (non-hydrogen) atoms. The number of rotatable bonds is 6. The predicted molar refractivity (Wildman–Crippen MR) is 107 cm³/mol. The van der Waals surface area contributed by atoms with Gasteiger partial charge in [0.15, 0.2) is 5.82 Å². The summed E-state index contributed by atoms with van der Waals surface area (Å²) in [6.07, 6.45) is 13.5. The fourth-order valence-corrected chi connectivity index (χ4v) is 5.49. The summed E-state index contributed by atoms with van der Waals surface area (Å²) in [4.78, 5) is 0. The lowest BCUT2D eigenvalue weighted by Crippen LogP contribution is -2.45. The van der Waals surface area contributed by atoms with Crippen LogP contribution >= 0.6 is 11.6 Å². The second-order valence-corrected chi connectivity index (χ2v) is 9.09. The monoisotopic (exact) mass is 371 g/mol. The molecule has 0 amide bonds. The van der Waals surface area contributed by atoms with Crippen molar-refractivity contribution in [2.45, 2.75) is 76.5 Å². The van der Waals surface area contributed by atoms with E-state index in [-0.39, 0.29) is 5.41 Å². The average Bonchev–Trinajstić information content (AvgIpc) is 3.06. The van der Waals surface area contributed by atoms with Crippen LogP contribution in [0.2, 0.25) is 5.02 Å². The molecule has 0 saturated heterocycles. The van der Waals surface area contributed by atoms with Crippen LogP contribution in [-0.4, -0.2) is 14.8 Å². The SMILES string of the molecule is CCCCCC12CCC(c3nnc(-c4ccc(Cl)cc4)n3C)(CC1)CC2. The minimum absolute atomic E-state index is 0.249. The van der Waals surface area contributed by atoms with Gasteiger partial charge in [-0.2, -0.15) is 0 Å². The first-order valence-electron chi connectivity index (χ1n) is 10.2. The summed E-state index contributed by atoms with van der Waals surface area (Å²) in [5, 5.41) is 9.99. The van der Waals surface area contributed by atoms with Crippen molar-refractivity contribution < 1.29 is 0 Å². The fourth-order valence-electron chi connectivity index (χ4n) is 5.37. The van der Waals surface area contributed by atoms with Gasteiger partial charge in [-0.05, 0) is 74.6 Å². The molecule has 0 radical (unpaired) electrons. The smallest absolute Gasteiger partial charge is 0.163 e. The molecule has 3 aliphatic carbocycles. The van der Waals surface area contributed by atoms with Gasteiger partial charge in [-0.3, -0.25) is 0 Å². The molecular weight excluding hydrogens is 342 g/mol. The third-order valence-electron chi connectivity index (χ3n) is 7.16. The Labute approximate surface area is 162 Å². The number of fused-ring (bicyclic) bond motifs is 3. The highest BCUT2D eigenvalue weighted by atomic mass is 35.5. The quantitative estimate of drug-likeness (QED) is 0.557. The summed E-state index contributed by atoms with van der Waals surface area (Å²) >= 11 is 6.03. The molecule has 1 heterocycles. The van der Waals surface area contributed by atoms with E-state index in [2.05, 4.69) is 28.7 Å². The number of hydrogen-bond donors (Lipinski definition) is 0. The zero-order chi connectivity index (χ0) is 18.2. The summed E-state index contributed by atoms with van der Waals surface area (Å²) in [5.41, 5.74) is 1.97. The zero-order valence-electron chi connectivity index (χ0n) is 16.1. The summed E-state index contributed by atoms with van der Waals surface area (Å²) in [7, 11) is 2.13. The molecule has 0 N–H and O–H groups in total. The molecule has 0 atom stereocenters. The first-order valence-corrected chi connectivity index (χ1v) is 10.6. The van der Waals surface area contributed by atoms with E-state index in [4.69, 9.17) is 11.6 Å². The molecule has 3 nitrogen and oxygen atoms in total. The van der Waals surface area contributed by atoms with Crippen LogP contribution in [0.5, 0.6) is 0 Å². The van der Waals surface area contributed by atoms with Crippen molar-refractivity contribution in [1.29, 1.82) is 0 Å². The lowest BCUT2D eigenvalue weighted by molar-refractivity contribution is 0.0250. The van der Waals surface area contributed by atoms with Crippen LogP contribution in [-0.2, 0) is 12.5 Å². The van der Waals surface area contributed by atoms with Gasteiger partial charge in [-0.15, -0.1) is 10.2 Å². The standard InChI is InChI=1S/C22H30ClN3/c1-3-4-5-10-21-11-14-22(15-12-21,16-13-21)20-25-24-19(26(20)2)17-6-8-18(23)9-7-17/h6-9H,3-5,10-16H2,1-2H3. The van der Waals surface area contributed by atoms with E-state index in [0.29, 0.717) is 5.41 Å². The molecule has 0 spiro atoms. The number of aromatic nitrogens is 3. The van der Waals surface area contributed by atoms with Crippen LogP contribution in [0.25, 0.3) is 11.4 Å². The summed E-state index contributed by atoms with van der Waals surface area (Å²) in [6.45, 7) is 2.30. The van der Waals surface area contributed by atoms with E-state index in [1.165, 1.54) is 70.0 Å². The van der Waals surface area contributed by atoms with Gasteiger partial charge in [0.25, 0.3) is 0 Å². The maximum atomic E-state index is 6.03. The van der Waals surface area contributed by atoms with Crippen molar-refractivity contribution in [3.8, 4) is 11.4 Å². The Balaban J connectivity index is 1.54. The highest BCUT2D eigenvalue weighted by Gasteiger charge is 2.51. The highest BCUT2D eigenvalue weighted by Crippen LogP contribution is 2.59. The van der Waals surface area contributed by atoms with Crippen LogP contribution in [0.15, 0.2) is 24.3 Å². The fraction of sp³-hybridized carbons (Fsp3) is 0.636. The van der Waals surface area contributed by atoms with E-state index in [9.17, 15) is 0 Å². The zero-order valence-corrected chi connectivity index (χ0v) is 16.9. The Morgan fingerprint density at radius 2 is 1.62 bits per heavy atom. The maximum Gasteiger partial charge on any atom is 0.163 e. The lowest BCUT2D eigenvalue weighted by Gasteiger charge is -2.53. The van der Waals surface area contributed by atoms with Crippen molar-refractivity contribution in [2.75, 3.05) is 0 Å². The third-order valence-corrected chi connectivity index (χ3v) is 7.42. The molecule has 2 aromatic rings. The molecule has 3 saturated carbocycles. The molecule has 0 unspecified atom stereocenters. The van der Waals surface area contributed by atoms with Crippen molar-refractivity contribution >= 4 is 11.6 Å². The molecule has 5 rings (SSSR count). The average molecular weight is 372 g/mol. The largest absolute Gasteiger partial charge is 0.314 e. The van der Waals surface area contributed by atoms with Gasteiger partial charge in [0.1, 0.15) is 5.82 Å².